The minimum absolute atomic E-state index is 0.0733. The zero-order valence-electron chi connectivity index (χ0n) is 9.41. The monoisotopic (exact) mass is 211 g/mol. The largest absolute Gasteiger partial charge is 0.358 e. The Balaban J connectivity index is 2.04. The minimum Gasteiger partial charge on any atom is -0.358 e. The lowest BCUT2D eigenvalue weighted by atomic mass is 10.1. The van der Waals surface area contributed by atoms with Gasteiger partial charge >= 0.3 is 0 Å². The molecule has 4 heteroatoms. The fourth-order valence-corrected chi connectivity index (χ4v) is 3.02. The molecule has 1 aliphatic heterocycles. The molecule has 0 aromatic heterocycles. The Labute approximate surface area is 91.2 Å². The molecule has 2 fully saturated rings. The van der Waals surface area contributed by atoms with E-state index in [2.05, 4.69) is 10.2 Å². The van der Waals surface area contributed by atoms with Crippen LogP contribution in [0.25, 0.3) is 0 Å². The normalized spacial score (nSPS) is 37.1. The van der Waals surface area contributed by atoms with Crippen LogP contribution in [0, 0.1) is 0 Å². The molecule has 1 heterocycles. The number of rotatable bonds is 2. The molecule has 86 valence electrons. The molecule has 0 aromatic carbocycles. The predicted molar refractivity (Wildman–Crippen MR) is 59.4 cm³/mol. The maximum Gasteiger partial charge on any atom is 0.237 e. The summed E-state index contributed by atoms with van der Waals surface area (Å²) >= 11 is 0. The maximum atomic E-state index is 11.7. The molecule has 0 bridgehead atoms. The molecule has 15 heavy (non-hydrogen) atoms. The number of likely N-dealkylation sites (tertiary alicyclic amines) is 1. The molecule has 4 nitrogen and oxygen atoms in total. The van der Waals surface area contributed by atoms with Crippen LogP contribution in [-0.4, -0.2) is 42.5 Å². The number of nitrogens with one attached hydrogen (secondary N) is 1. The minimum atomic E-state index is 0.0733. The summed E-state index contributed by atoms with van der Waals surface area (Å²) in [6.45, 7) is 1.04. The van der Waals surface area contributed by atoms with Gasteiger partial charge in [-0.25, -0.2) is 0 Å². The Bertz CT molecular complexity index is 244. The van der Waals surface area contributed by atoms with E-state index in [1.807, 2.05) is 0 Å². The van der Waals surface area contributed by atoms with Crippen molar-refractivity contribution in [3.8, 4) is 0 Å². The van der Waals surface area contributed by atoms with Gasteiger partial charge in [-0.15, -0.1) is 0 Å². The summed E-state index contributed by atoms with van der Waals surface area (Å²) in [5.74, 6) is 0.159. The van der Waals surface area contributed by atoms with E-state index < -0.39 is 0 Å². The Kier molecular flexibility index (Phi) is 3.26. The highest BCUT2D eigenvalue weighted by Gasteiger charge is 2.38. The summed E-state index contributed by atoms with van der Waals surface area (Å²) in [6, 6.07) is 0.786. The number of carbonyl (C=O) groups is 1. The summed E-state index contributed by atoms with van der Waals surface area (Å²) in [7, 11) is 1.72. The van der Waals surface area contributed by atoms with Gasteiger partial charge in [0.1, 0.15) is 0 Å². The molecule has 1 amide bonds. The first-order valence-electron chi connectivity index (χ1n) is 5.97. The number of hydrogen-bond acceptors (Lipinski definition) is 3. The van der Waals surface area contributed by atoms with E-state index in [0.717, 1.165) is 32.2 Å². The van der Waals surface area contributed by atoms with Crippen molar-refractivity contribution in [3.63, 3.8) is 0 Å². The van der Waals surface area contributed by atoms with E-state index in [-0.39, 0.29) is 18.0 Å². The standard InChI is InChI=1S/C11H21N3O/c1-13-11(15)10-6-3-7-14(10)9-5-2-4-8(9)12/h8-10H,2-7,12H2,1H3,(H,13,15). The number of nitrogens with two attached hydrogens (primary N) is 1. The van der Waals surface area contributed by atoms with E-state index in [0.29, 0.717) is 6.04 Å². The van der Waals surface area contributed by atoms with Crippen molar-refractivity contribution in [2.75, 3.05) is 13.6 Å². The van der Waals surface area contributed by atoms with Crippen molar-refractivity contribution < 1.29 is 4.79 Å². The zero-order chi connectivity index (χ0) is 10.8. The SMILES string of the molecule is CNC(=O)C1CCCN1C1CCCC1N. The highest BCUT2D eigenvalue weighted by atomic mass is 16.2. The van der Waals surface area contributed by atoms with Gasteiger partial charge in [-0.05, 0) is 32.2 Å². The van der Waals surface area contributed by atoms with Crippen molar-refractivity contribution in [2.24, 2.45) is 5.73 Å². The van der Waals surface area contributed by atoms with Gasteiger partial charge in [0.15, 0.2) is 0 Å². The Morgan fingerprint density at radius 2 is 2.13 bits per heavy atom. The van der Waals surface area contributed by atoms with Gasteiger partial charge in [0.2, 0.25) is 5.91 Å². The molecule has 0 radical (unpaired) electrons. The van der Waals surface area contributed by atoms with Crippen LogP contribution in [0.5, 0.6) is 0 Å². The topological polar surface area (TPSA) is 58.4 Å². The van der Waals surface area contributed by atoms with E-state index >= 15 is 0 Å². The molecule has 3 atom stereocenters. The summed E-state index contributed by atoms with van der Waals surface area (Å²) in [6.07, 6.45) is 5.60. The van der Waals surface area contributed by atoms with Crippen LogP contribution >= 0.6 is 0 Å². The van der Waals surface area contributed by atoms with Crippen molar-refractivity contribution in [3.05, 3.63) is 0 Å². The number of hydrogen-bond donors (Lipinski definition) is 2. The number of amides is 1. The lowest BCUT2D eigenvalue weighted by Gasteiger charge is -2.31. The fourth-order valence-electron chi connectivity index (χ4n) is 3.02. The Morgan fingerprint density at radius 3 is 2.73 bits per heavy atom. The lowest BCUT2D eigenvalue weighted by Crippen LogP contribution is -2.51. The van der Waals surface area contributed by atoms with Crippen molar-refractivity contribution >= 4 is 5.91 Å². The van der Waals surface area contributed by atoms with Crippen LogP contribution in [0.2, 0.25) is 0 Å². The molecule has 3 unspecified atom stereocenters. The van der Waals surface area contributed by atoms with Gasteiger partial charge in [-0.2, -0.15) is 0 Å². The van der Waals surface area contributed by atoms with E-state index in [1.54, 1.807) is 7.05 Å². The van der Waals surface area contributed by atoms with E-state index in [9.17, 15) is 4.79 Å². The van der Waals surface area contributed by atoms with Gasteiger partial charge < -0.3 is 11.1 Å². The second kappa shape index (κ2) is 4.49. The molecule has 1 saturated heterocycles. The van der Waals surface area contributed by atoms with Gasteiger partial charge in [-0.1, -0.05) is 6.42 Å². The highest BCUT2D eigenvalue weighted by Crippen LogP contribution is 2.29. The predicted octanol–water partition coefficient (Wildman–Crippen LogP) is 0.0766. The zero-order valence-corrected chi connectivity index (χ0v) is 9.41. The molecule has 3 N–H and O–H groups in total. The molecular weight excluding hydrogens is 190 g/mol. The molecule has 2 aliphatic rings. The van der Waals surface area contributed by atoms with E-state index in [1.165, 1.54) is 6.42 Å². The summed E-state index contributed by atoms with van der Waals surface area (Å²) < 4.78 is 0. The van der Waals surface area contributed by atoms with Crippen molar-refractivity contribution in [1.82, 2.24) is 10.2 Å². The smallest absolute Gasteiger partial charge is 0.237 e. The van der Waals surface area contributed by atoms with Crippen LogP contribution in [-0.2, 0) is 4.79 Å². The second-order valence-electron chi connectivity index (χ2n) is 4.67. The maximum absolute atomic E-state index is 11.7. The summed E-state index contributed by atoms with van der Waals surface area (Å²) in [5.41, 5.74) is 6.09. The third-order valence-corrected chi connectivity index (χ3v) is 3.80. The van der Waals surface area contributed by atoms with Crippen LogP contribution in [0.4, 0.5) is 0 Å². The molecule has 0 aromatic rings. The molecular formula is C11H21N3O. The number of likely N-dealkylation sites (N-methyl/N-ethyl adjacent to an activating group) is 1. The first kappa shape index (κ1) is 10.9. The second-order valence-corrected chi connectivity index (χ2v) is 4.67. The first-order valence-corrected chi connectivity index (χ1v) is 5.97. The van der Waals surface area contributed by atoms with Gasteiger partial charge in [0.05, 0.1) is 6.04 Å². The number of carbonyl (C=O) groups excluding carboxylic acids is 1. The lowest BCUT2D eigenvalue weighted by molar-refractivity contribution is -0.125. The quantitative estimate of drug-likeness (QED) is 0.680. The highest BCUT2D eigenvalue weighted by molar-refractivity contribution is 5.81. The van der Waals surface area contributed by atoms with Crippen molar-refractivity contribution in [1.29, 1.82) is 0 Å². The number of nitrogens with zero attached hydrogens (tertiary/aromatic N) is 1. The van der Waals surface area contributed by atoms with E-state index in [4.69, 9.17) is 5.73 Å². The summed E-state index contributed by atoms with van der Waals surface area (Å²) in [5, 5.41) is 2.75. The first-order chi connectivity index (χ1) is 7.24. The van der Waals surface area contributed by atoms with Crippen LogP contribution in [0.15, 0.2) is 0 Å². The van der Waals surface area contributed by atoms with Gasteiger partial charge in [-0.3, -0.25) is 9.69 Å². The van der Waals surface area contributed by atoms with Crippen LogP contribution in [0.3, 0.4) is 0 Å². The van der Waals surface area contributed by atoms with Crippen LogP contribution in [0.1, 0.15) is 32.1 Å². The van der Waals surface area contributed by atoms with Gasteiger partial charge in [0.25, 0.3) is 0 Å². The van der Waals surface area contributed by atoms with Crippen molar-refractivity contribution in [2.45, 2.75) is 50.2 Å². The van der Waals surface area contributed by atoms with Gasteiger partial charge in [0, 0.05) is 19.1 Å². The summed E-state index contributed by atoms with van der Waals surface area (Å²) in [4.78, 5) is 14.0. The molecule has 2 rings (SSSR count). The average molecular weight is 211 g/mol. The fraction of sp³-hybridized carbons (Fsp3) is 0.909. The third kappa shape index (κ3) is 2.01. The Morgan fingerprint density at radius 1 is 1.33 bits per heavy atom. The molecule has 1 saturated carbocycles. The average Bonchev–Trinajstić information content (AvgIpc) is 2.84. The third-order valence-electron chi connectivity index (χ3n) is 3.80. The molecule has 1 aliphatic carbocycles. The van der Waals surface area contributed by atoms with Crippen LogP contribution < -0.4 is 11.1 Å². The molecule has 0 spiro atoms. The Hall–Kier alpha value is -0.610.